The third-order valence-corrected chi connectivity index (χ3v) is 21.5. The minimum Gasteiger partial charge on any atom is -0.458 e. The molecule has 4 aliphatic carbocycles. The highest BCUT2D eigenvalue weighted by Gasteiger charge is 2.78. The summed E-state index contributed by atoms with van der Waals surface area (Å²) in [4.78, 5) is 26.9. The number of hydrogen-bond acceptors (Lipinski definition) is 23. The van der Waals surface area contributed by atoms with E-state index in [2.05, 4.69) is 6.92 Å². The highest BCUT2D eigenvalue weighted by Crippen LogP contribution is 2.71. The summed E-state index contributed by atoms with van der Waals surface area (Å²) < 4.78 is 80.8. The average Bonchev–Trinajstić information content (AvgIpc) is 1.65. The van der Waals surface area contributed by atoms with E-state index in [0.717, 1.165) is 5.56 Å². The maximum absolute atomic E-state index is 13.6. The van der Waals surface area contributed by atoms with Crippen LogP contribution >= 0.6 is 0 Å². The first-order valence-corrected chi connectivity index (χ1v) is 30.9. The number of methoxy groups -OCH3 is 2. The Balaban J connectivity index is 0.698. The minimum atomic E-state index is -1.67. The zero-order chi connectivity index (χ0) is 61.1. The summed E-state index contributed by atoms with van der Waals surface area (Å²) in [5, 5.41) is 89.7. The molecule has 8 N–H and O–H groups in total. The van der Waals surface area contributed by atoms with Crippen molar-refractivity contribution in [3.8, 4) is 0 Å². The summed E-state index contributed by atoms with van der Waals surface area (Å²) in [5.41, 5.74) is -3.98. The predicted molar refractivity (Wildman–Crippen MR) is 297 cm³/mol. The molecule has 9 fully saturated rings. The number of esters is 1. The van der Waals surface area contributed by atoms with Gasteiger partial charge in [-0.15, -0.1) is 0 Å². The Kier molecular flexibility index (Phi) is 20.2. The lowest BCUT2D eigenvalue weighted by Gasteiger charge is -2.68. The van der Waals surface area contributed by atoms with Gasteiger partial charge in [-0.3, -0.25) is 4.79 Å². The molecule has 480 valence electrons. The molecule has 10 rings (SSSR count). The van der Waals surface area contributed by atoms with E-state index in [9.17, 15) is 50.4 Å². The molecule has 0 amide bonds. The summed E-state index contributed by atoms with van der Waals surface area (Å²) in [5.74, 6) is -1.55. The van der Waals surface area contributed by atoms with Crippen molar-refractivity contribution in [2.45, 2.75) is 278 Å². The molecular weight excluding hydrogens is 1110 g/mol. The number of hydrogen-bond donors (Lipinski definition) is 8. The topological polar surface area (TPSA) is 316 Å². The van der Waals surface area contributed by atoms with Gasteiger partial charge >= 0.3 is 5.97 Å². The van der Waals surface area contributed by atoms with Crippen LogP contribution in [0.3, 0.4) is 0 Å². The van der Waals surface area contributed by atoms with Gasteiger partial charge in [0, 0.05) is 57.3 Å². The molecule has 5 saturated heterocycles. The first-order valence-electron chi connectivity index (χ1n) is 30.9. The molecule has 4 saturated carbocycles. The van der Waals surface area contributed by atoms with Crippen LogP contribution < -0.4 is 0 Å². The minimum absolute atomic E-state index is 0.00486. The number of ether oxygens (including phenoxy) is 13. The summed E-state index contributed by atoms with van der Waals surface area (Å²) in [6, 6.07) is 9.43. The number of fused-ring (bicyclic) bond motifs is 5. The van der Waals surface area contributed by atoms with Crippen LogP contribution in [0, 0.1) is 28.6 Å². The van der Waals surface area contributed by atoms with Gasteiger partial charge in [-0.25, -0.2) is 4.79 Å². The smallest absolute Gasteiger partial charge is 0.331 e. The Bertz CT molecular complexity index is 2410. The van der Waals surface area contributed by atoms with Crippen molar-refractivity contribution in [1.29, 1.82) is 0 Å². The Hall–Kier alpha value is -2.70. The van der Waals surface area contributed by atoms with Gasteiger partial charge in [-0.1, -0.05) is 44.2 Å². The normalized spacial score (nSPS) is 50.2. The van der Waals surface area contributed by atoms with Crippen molar-refractivity contribution in [2.24, 2.45) is 28.6 Å². The molecule has 0 spiro atoms. The van der Waals surface area contributed by atoms with E-state index in [1.165, 1.54) is 20.1 Å². The lowest BCUT2D eigenvalue weighted by molar-refractivity contribution is -0.358. The average molecular weight is 1210 g/mol. The lowest BCUT2D eigenvalue weighted by atomic mass is 9.40. The largest absolute Gasteiger partial charge is 0.458 e. The molecule has 0 radical (unpaired) electrons. The third kappa shape index (κ3) is 12.5. The predicted octanol–water partition coefficient (Wildman–Crippen LogP) is 2.72. The van der Waals surface area contributed by atoms with Crippen LogP contribution in [0.4, 0.5) is 0 Å². The molecule has 23 nitrogen and oxygen atoms in total. The van der Waals surface area contributed by atoms with Crippen molar-refractivity contribution < 1.29 is 112 Å². The fourth-order valence-electron chi connectivity index (χ4n) is 16.7. The zero-order valence-electron chi connectivity index (χ0n) is 50.4. The second-order valence-corrected chi connectivity index (χ2v) is 26.3. The number of ketones is 1. The second kappa shape index (κ2) is 26.3. The van der Waals surface area contributed by atoms with E-state index in [1.807, 2.05) is 44.2 Å². The number of Topliss-reactive ketones (excluding diaryl/α,β-unsaturated/α-hetero) is 1. The first-order chi connectivity index (χ1) is 40.3. The monoisotopic (exact) mass is 1210 g/mol. The van der Waals surface area contributed by atoms with E-state index < -0.39 is 182 Å². The number of benzene rings is 1. The van der Waals surface area contributed by atoms with Gasteiger partial charge in [0.05, 0.1) is 67.1 Å². The number of aliphatic hydroxyl groups excluding tert-OH is 6. The third-order valence-electron chi connectivity index (χ3n) is 21.5. The molecule has 0 unspecified atom stereocenters. The maximum atomic E-state index is 13.6. The van der Waals surface area contributed by atoms with Crippen LogP contribution in [-0.2, 0) is 71.2 Å². The van der Waals surface area contributed by atoms with Gasteiger partial charge in [0.1, 0.15) is 66.3 Å². The Morgan fingerprint density at radius 3 is 1.72 bits per heavy atom. The van der Waals surface area contributed by atoms with Gasteiger partial charge in [-0.05, 0) is 115 Å². The van der Waals surface area contributed by atoms with E-state index >= 15 is 0 Å². The fraction of sp³-hybridized carbons (Fsp3) is 0.839. The molecule has 30 atom stereocenters. The standard InChI is InChI=1S/C62H94O23/c1-30(64)38-19-22-62(72)60(38,7)45(81-46(67)16-15-35-13-11-10-12-14-35)28-44-59(6)20-18-37(23-36(59)17-21-61(44,62)71)79-49-26-41(73-8)56(33(4)77-49)84-48-25-40(66)54(31(2)76-48)82-47-24-39(65)55(32(3)75-47)83-50-27-42(74-9)57(34(5)78-50)85-58-53(70)52(69)51(68)43(29-63)80-58/h10-16,31-34,36-45,47-58,63,65-66,68-72H,17-29H2,1-9H3/b16-15+/t31-,32-,33-,34-,36+,37+,38+,39+,40+,41+,42-,43-,44-,45-,47+,48+,49+,50+,51-,52+,53-,54-,55-,56-,57-,58+,59+,60+,61+,62-/m1/s1. The fourth-order valence-corrected chi connectivity index (χ4v) is 16.7. The van der Waals surface area contributed by atoms with Crippen LogP contribution in [0.15, 0.2) is 36.4 Å². The number of rotatable bonds is 17. The van der Waals surface area contributed by atoms with Gasteiger partial charge in [0.15, 0.2) is 31.5 Å². The summed E-state index contributed by atoms with van der Waals surface area (Å²) in [7, 11) is 3.08. The molecule has 0 aromatic heterocycles. The molecule has 5 aliphatic heterocycles. The molecule has 0 bridgehead atoms. The van der Waals surface area contributed by atoms with Crippen LogP contribution in [0.25, 0.3) is 6.08 Å². The van der Waals surface area contributed by atoms with Crippen LogP contribution in [-0.4, -0.2) is 226 Å². The van der Waals surface area contributed by atoms with Crippen LogP contribution in [0.2, 0.25) is 0 Å². The summed E-state index contributed by atoms with van der Waals surface area (Å²) >= 11 is 0. The van der Waals surface area contributed by atoms with Crippen molar-refractivity contribution in [1.82, 2.24) is 0 Å². The molecule has 1 aromatic carbocycles. The second-order valence-electron chi connectivity index (χ2n) is 26.3. The van der Waals surface area contributed by atoms with E-state index in [4.69, 9.17) is 61.6 Å². The molecule has 85 heavy (non-hydrogen) atoms. The van der Waals surface area contributed by atoms with Crippen LogP contribution in [0.1, 0.15) is 131 Å². The van der Waals surface area contributed by atoms with Crippen molar-refractivity contribution in [3.05, 3.63) is 42.0 Å². The van der Waals surface area contributed by atoms with E-state index in [-0.39, 0.29) is 43.5 Å². The summed E-state index contributed by atoms with van der Waals surface area (Å²) in [6.07, 6.45) is -12.8. The van der Waals surface area contributed by atoms with Crippen molar-refractivity contribution >= 4 is 17.8 Å². The molecule has 5 heterocycles. The Morgan fingerprint density at radius 1 is 0.624 bits per heavy atom. The van der Waals surface area contributed by atoms with E-state index in [1.54, 1.807) is 34.0 Å². The highest BCUT2D eigenvalue weighted by atomic mass is 16.8. The first kappa shape index (κ1) is 65.3. The zero-order valence-corrected chi connectivity index (χ0v) is 50.4. The molecular formula is C62H94O23. The maximum Gasteiger partial charge on any atom is 0.331 e. The van der Waals surface area contributed by atoms with Gasteiger partial charge in [0.2, 0.25) is 0 Å². The van der Waals surface area contributed by atoms with Crippen molar-refractivity contribution in [2.75, 3.05) is 20.8 Å². The van der Waals surface area contributed by atoms with Gasteiger partial charge in [-0.2, -0.15) is 0 Å². The van der Waals surface area contributed by atoms with E-state index in [0.29, 0.717) is 51.4 Å². The Morgan fingerprint density at radius 2 is 1.16 bits per heavy atom. The lowest BCUT2D eigenvalue weighted by Crippen LogP contribution is -2.76. The van der Waals surface area contributed by atoms with Gasteiger partial charge in [0.25, 0.3) is 0 Å². The highest BCUT2D eigenvalue weighted by molar-refractivity contribution is 5.87. The summed E-state index contributed by atoms with van der Waals surface area (Å²) in [6.45, 7) is 12.0. The quantitative estimate of drug-likeness (QED) is 0.0632. The SMILES string of the molecule is CO[C@H]1C[C@H](O[C@H]2CC[C@@]3(C)[C@@H](CC[C@]4(O)[C@@H]3C[C@@H](OC(=O)/C=C/c3ccccc3)[C@]3(C)[C@H](C(C)=O)CC[C@@]34O)C2)O[C@H](C)[C@H]1O[C@H]1C[C@H](O)[C@H](O[C@H]2C[C@H](O)[C@H](O[C@H]3C[C@@H](OC)[C@H](O[C@@H]4O[C@H](CO)[C@@H](O)[C@H](O)[C@H]4O)[C@@H](C)O3)[C@@H](C)O2)[C@@H](C)O1. The molecule has 23 heteroatoms. The molecule has 9 aliphatic rings. The van der Waals surface area contributed by atoms with Crippen molar-refractivity contribution in [3.63, 3.8) is 0 Å². The van der Waals surface area contributed by atoms with Crippen LogP contribution in [0.5, 0.6) is 0 Å². The van der Waals surface area contributed by atoms with Gasteiger partial charge < -0.3 is 102 Å². The number of carbonyl (C=O) groups is 2. The number of aliphatic hydroxyl groups is 8. The number of carbonyl (C=O) groups excluding carboxylic acids is 2. The molecule has 1 aromatic rings. The Labute approximate surface area is 497 Å².